The SMILES string of the molecule is COC1C=C(S(=O)(=O)Nc2ccc(Cl)c(O[C@@H]3CCN(C)C3)c2)C(c2cccc(C)c2)=CC1(C)OC. The van der Waals surface area contributed by atoms with Crippen LogP contribution in [0.2, 0.25) is 5.02 Å². The van der Waals surface area contributed by atoms with Crippen molar-refractivity contribution in [3.8, 4) is 5.75 Å². The summed E-state index contributed by atoms with van der Waals surface area (Å²) in [5.41, 5.74) is 1.85. The van der Waals surface area contributed by atoms with E-state index in [2.05, 4.69) is 9.62 Å². The Bertz CT molecular complexity index is 1290. The van der Waals surface area contributed by atoms with Gasteiger partial charge in [0.15, 0.2) is 0 Å². The van der Waals surface area contributed by atoms with Crippen LogP contribution in [0.4, 0.5) is 5.69 Å². The summed E-state index contributed by atoms with van der Waals surface area (Å²) in [6, 6.07) is 12.6. The fourth-order valence-corrected chi connectivity index (χ4v) is 6.10. The minimum Gasteiger partial charge on any atom is -0.487 e. The number of allylic oxidation sites excluding steroid dienone is 1. The molecule has 3 atom stereocenters. The summed E-state index contributed by atoms with van der Waals surface area (Å²) in [6.07, 6.45) is 3.70. The molecule has 1 saturated heterocycles. The van der Waals surface area contributed by atoms with Crippen LogP contribution in [0.1, 0.15) is 24.5 Å². The Hall–Kier alpha value is -2.36. The largest absolute Gasteiger partial charge is 0.487 e. The number of hydrogen-bond donors (Lipinski definition) is 1. The molecule has 1 aliphatic carbocycles. The van der Waals surface area contributed by atoms with Crippen molar-refractivity contribution in [2.45, 2.75) is 38.1 Å². The predicted octanol–water partition coefficient (Wildman–Crippen LogP) is 4.87. The third kappa shape index (κ3) is 5.63. The van der Waals surface area contributed by atoms with Gasteiger partial charge in [-0.25, -0.2) is 8.42 Å². The molecule has 0 saturated carbocycles. The average Bonchev–Trinajstić information content (AvgIpc) is 3.25. The van der Waals surface area contributed by atoms with Crippen LogP contribution in [0.25, 0.3) is 5.57 Å². The number of ether oxygens (including phenoxy) is 3. The molecule has 0 radical (unpaired) electrons. The van der Waals surface area contributed by atoms with E-state index in [4.69, 9.17) is 25.8 Å². The van der Waals surface area contributed by atoms with Crippen molar-refractivity contribution in [3.63, 3.8) is 0 Å². The van der Waals surface area contributed by atoms with E-state index in [-0.39, 0.29) is 11.0 Å². The molecule has 2 unspecified atom stereocenters. The number of anilines is 1. The number of benzene rings is 2. The lowest BCUT2D eigenvalue weighted by Gasteiger charge is -2.36. The molecule has 1 aliphatic heterocycles. The highest BCUT2D eigenvalue weighted by Gasteiger charge is 2.39. The first-order chi connectivity index (χ1) is 17.0. The number of aryl methyl sites for hydroxylation is 1. The van der Waals surface area contributed by atoms with Crippen LogP contribution in [-0.2, 0) is 19.5 Å². The van der Waals surface area contributed by atoms with E-state index < -0.39 is 21.7 Å². The number of halogens is 1. The molecule has 2 aliphatic rings. The first-order valence-corrected chi connectivity index (χ1v) is 13.7. The molecular weight excluding hydrogens is 500 g/mol. The van der Waals surface area contributed by atoms with Gasteiger partial charge in [-0.05, 0) is 57.2 Å². The fourth-order valence-electron chi connectivity index (χ4n) is 4.62. The van der Waals surface area contributed by atoms with E-state index in [9.17, 15) is 8.42 Å². The number of hydrogen-bond acceptors (Lipinski definition) is 6. The molecule has 194 valence electrons. The fraction of sp³-hybridized carbons (Fsp3) is 0.407. The van der Waals surface area contributed by atoms with Gasteiger partial charge in [0.2, 0.25) is 0 Å². The van der Waals surface area contributed by atoms with E-state index in [1.807, 2.05) is 51.2 Å². The van der Waals surface area contributed by atoms with E-state index in [0.717, 1.165) is 30.6 Å². The van der Waals surface area contributed by atoms with Gasteiger partial charge in [0, 0.05) is 38.9 Å². The maximum atomic E-state index is 13.8. The Balaban J connectivity index is 1.69. The minimum atomic E-state index is -4.01. The van der Waals surface area contributed by atoms with Gasteiger partial charge < -0.3 is 19.1 Å². The van der Waals surface area contributed by atoms with Crippen molar-refractivity contribution in [1.82, 2.24) is 4.90 Å². The summed E-state index contributed by atoms with van der Waals surface area (Å²) in [7, 11) is 1.14. The minimum absolute atomic E-state index is 0.00504. The van der Waals surface area contributed by atoms with Crippen molar-refractivity contribution in [1.29, 1.82) is 0 Å². The van der Waals surface area contributed by atoms with Crippen LogP contribution in [0, 0.1) is 6.92 Å². The number of likely N-dealkylation sites (tertiary alicyclic amines) is 1. The number of sulfonamides is 1. The molecule has 1 N–H and O–H groups in total. The second kappa shape index (κ2) is 10.6. The van der Waals surface area contributed by atoms with E-state index >= 15 is 0 Å². The average molecular weight is 533 g/mol. The lowest BCUT2D eigenvalue weighted by Crippen LogP contribution is -2.42. The topological polar surface area (TPSA) is 77.1 Å². The normalized spacial score (nSPS) is 24.8. The predicted molar refractivity (Wildman–Crippen MR) is 144 cm³/mol. The molecular formula is C27H33ClN2O5S. The van der Waals surface area contributed by atoms with E-state index in [1.54, 1.807) is 31.4 Å². The number of nitrogens with zero attached hydrogens (tertiary/aromatic N) is 1. The molecule has 9 heteroatoms. The van der Waals surface area contributed by atoms with Crippen LogP contribution in [0.5, 0.6) is 5.75 Å². The van der Waals surface area contributed by atoms with Crippen molar-refractivity contribution in [2.75, 3.05) is 39.1 Å². The van der Waals surface area contributed by atoms with Gasteiger partial charge in [-0.15, -0.1) is 0 Å². The maximum absolute atomic E-state index is 13.8. The third-order valence-corrected chi connectivity index (χ3v) is 8.45. The molecule has 0 aromatic heterocycles. The number of rotatable bonds is 8. The molecule has 2 aromatic carbocycles. The summed E-state index contributed by atoms with van der Waals surface area (Å²) in [5.74, 6) is 0.450. The Morgan fingerprint density at radius 2 is 1.94 bits per heavy atom. The molecule has 0 bridgehead atoms. The standard InChI is InChI=1S/C27H33ClN2O5S/c1-18-7-6-8-19(13-18)22-16-27(2,34-5)26(33-4)15-25(22)36(31,32)29-20-9-10-23(28)24(14-20)35-21-11-12-30(3)17-21/h6-10,13-16,21,26,29H,11-12,17H2,1-5H3/t21-,26?,27?/m1/s1. The molecule has 1 heterocycles. The Morgan fingerprint density at radius 1 is 1.17 bits per heavy atom. The van der Waals surface area contributed by atoms with Gasteiger partial charge in [0.25, 0.3) is 10.0 Å². The Morgan fingerprint density at radius 3 is 2.58 bits per heavy atom. The van der Waals surface area contributed by atoms with Crippen LogP contribution < -0.4 is 9.46 Å². The quantitative estimate of drug-likeness (QED) is 0.522. The van der Waals surface area contributed by atoms with Crippen LogP contribution in [0.3, 0.4) is 0 Å². The van der Waals surface area contributed by atoms with Crippen molar-refractivity contribution < 1.29 is 22.6 Å². The summed E-state index contributed by atoms with van der Waals surface area (Å²) in [6.45, 7) is 5.57. The highest BCUT2D eigenvalue weighted by atomic mass is 35.5. The monoisotopic (exact) mass is 532 g/mol. The first kappa shape index (κ1) is 26.7. The molecule has 4 rings (SSSR count). The Labute approximate surface area is 218 Å². The molecule has 0 spiro atoms. The Kier molecular flexibility index (Phi) is 7.83. The van der Waals surface area contributed by atoms with E-state index in [1.165, 1.54) is 7.11 Å². The van der Waals surface area contributed by atoms with Gasteiger partial charge in [-0.1, -0.05) is 41.4 Å². The summed E-state index contributed by atoms with van der Waals surface area (Å²) in [5, 5.41) is 0.431. The number of nitrogens with one attached hydrogen (secondary N) is 1. The van der Waals surface area contributed by atoms with Gasteiger partial charge in [0.05, 0.1) is 15.6 Å². The van der Waals surface area contributed by atoms with Crippen molar-refractivity contribution >= 4 is 32.9 Å². The zero-order chi connectivity index (χ0) is 26.1. The summed E-state index contributed by atoms with van der Waals surface area (Å²) >= 11 is 6.37. The zero-order valence-electron chi connectivity index (χ0n) is 21.2. The van der Waals surface area contributed by atoms with Crippen molar-refractivity contribution in [3.05, 3.63) is 75.7 Å². The lowest BCUT2D eigenvalue weighted by molar-refractivity contribution is -0.0539. The second-order valence-corrected chi connectivity index (χ2v) is 11.6. The molecule has 2 aromatic rings. The number of likely N-dealkylation sites (N-methyl/N-ethyl adjacent to an activating group) is 1. The van der Waals surface area contributed by atoms with Gasteiger partial charge >= 0.3 is 0 Å². The van der Waals surface area contributed by atoms with Crippen molar-refractivity contribution in [2.24, 2.45) is 0 Å². The van der Waals surface area contributed by atoms with Crippen LogP contribution in [-0.4, -0.2) is 65.5 Å². The highest BCUT2D eigenvalue weighted by molar-refractivity contribution is 7.97. The smallest absolute Gasteiger partial charge is 0.262 e. The lowest BCUT2D eigenvalue weighted by atomic mass is 9.87. The van der Waals surface area contributed by atoms with E-state index in [0.29, 0.717) is 22.0 Å². The zero-order valence-corrected chi connectivity index (χ0v) is 22.8. The van der Waals surface area contributed by atoms with Crippen LogP contribution >= 0.6 is 11.6 Å². The molecule has 36 heavy (non-hydrogen) atoms. The summed E-state index contributed by atoms with van der Waals surface area (Å²) < 4.78 is 47.7. The number of methoxy groups -OCH3 is 2. The van der Waals surface area contributed by atoms with Gasteiger partial charge in [-0.3, -0.25) is 4.72 Å². The highest BCUT2D eigenvalue weighted by Crippen LogP contribution is 2.39. The maximum Gasteiger partial charge on any atom is 0.262 e. The van der Waals surface area contributed by atoms with Crippen LogP contribution in [0.15, 0.2) is 59.5 Å². The third-order valence-electron chi connectivity index (χ3n) is 6.70. The summed E-state index contributed by atoms with van der Waals surface area (Å²) in [4.78, 5) is 2.30. The van der Waals surface area contributed by atoms with Gasteiger partial charge in [0.1, 0.15) is 23.6 Å². The molecule has 7 nitrogen and oxygen atoms in total. The first-order valence-electron chi connectivity index (χ1n) is 11.8. The molecule has 0 amide bonds. The second-order valence-electron chi connectivity index (χ2n) is 9.54. The van der Waals surface area contributed by atoms with Gasteiger partial charge in [-0.2, -0.15) is 0 Å². The molecule has 1 fully saturated rings.